The molecule has 0 bridgehead atoms. The van der Waals surface area contributed by atoms with E-state index in [2.05, 4.69) is 94.7 Å². The van der Waals surface area contributed by atoms with Crippen LogP contribution >= 0.6 is 0 Å². The lowest BCUT2D eigenvalue weighted by atomic mass is 9.96. The van der Waals surface area contributed by atoms with Crippen molar-refractivity contribution in [2.24, 2.45) is 0 Å². The van der Waals surface area contributed by atoms with Crippen LogP contribution in [-0.4, -0.2) is 43.1 Å². The van der Waals surface area contributed by atoms with Gasteiger partial charge in [-0.2, -0.15) is 0 Å². The molecule has 1 aliphatic rings. The Morgan fingerprint density at radius 2 is 1.22 bits per heavy atom. The zero-order valence-electron chi connectivity index (χ0n) is 20.9. The van der Waals surface area contributed by atoms with Crippen LogP contribution in [-0.2, 0) is 13.2 Å². The molecule has 0 aliphatic carbocycles. The van der Waals surface area contributed by atoms with Crippen LogP contribution < -0.4 is 9.47 Å². The molecule has 1 aliphatic heterocycles. The monoisotopic (exact) mass is 478 g/mol. The van der Waals surface area contributed by atoms with Crippen molar-refractivity contribution in [3.8, 4) is 11.5 Å². The Balaban J connectivity index is 1.22. The van der Waals surface area contributed by atoms with E-state index in [1.807, 2.05) is 24.3 Å². The minimum atomic E-state index is 0.288. The smallest absolute Gasteiger partial charge is 0.161 e. The van der Waals surface area contributed by atoms with Gasteiger partial charge in [0.1, 0.15) is 6.61 Å². The molecule has 0 N–H and O–H groups in total. The zero-order valence-corrected chi connectivity index (χ0v) is 20.9. The van der Waals surface area contributed by atoms with Crippen LogP contribution in [0.1, 0.15) is 28.3 Å². The summed E-state index contributed by atoms with van der Waals surface area (Å²) < 4.78 is 11.7. The Morgan fingerprint density at radius 3 is 1.81 bits per heavy atom. The van der Waals surface area contributed by atoms with Gasteiger partial charge in [0.25, 0.3) is 0 Å². The first kappa shape index (κ1) is 24.1. The first-order valence-electron chi connectivity index (χ1n) is 12.7. The predicted octanol–water partition coefficient (Wildman–Crippen LogP) is 6.18. The molecule has 4 heteroatoms. The lowest BCUT2D eigenvalue weighted by molar-refractivity contribution is 0.105. The lowest BCUT2D eigenvalue weighted by Gasteiger charge is -2.40. The predicted molar refractivity (Wildman–Crippen MR) is 145 cm³/mol. The lowest BCUT2D eigenvalue weighted by Crippen LogP contribution is -2.47. The normalized spacial score (nSPS) is 14.6. The largest absolute Gasteiger partial charge is 0.493 e. The van der Waals surface area contributed by atoms with Gasteiger partial charge >= 0.3 is 0 Å². The molecule has 0 spiro atoms. The van der Waals surface area contributed by atoms with Gasteiger partial charge in [-0.15, -0.1) is 0 Å². The second kappa shape index (κ2) is 11.9. The average molecular weight is 479 g/mol. The number of ether oxygens (including phenoxy) is 2. The molecule has 4 aromatic carbocycles. The van der Waals surface area contributed by atoms with Gasteiger partial charge in [-0.25, -0.2) is 0 Å². The van der Waals surface area contributed by atoms with Gasteiger partial charge in [-0.3, -0.25) is 9.80 Å². The SMILES string of the molecule is COc1cc(CN2CCN(C(c3ccccc3)c3ccccc3)CC2)ccc1OCc1ccccc1. The summed E-state index contributed by atoms with van der Waals surface area (Å²) in [4.78, 5) is 5.14. The van der Waals surface area contributed by atoms with Gasteiger partial charge in [0.15, 0.2) is 11.5 Å². The Morgan fingerprint density at radius 1 is 0.639 bits per heavy atom. The van der Waals surface area contributed by atoms with Crippen LogP contribution in [0.3, 0.4) is 0 Å². The third-order valence-electron chi connectivity index (χ3n) is 6.87. The summed E-state index contributed by atoms with van der Waals surface area (Å²) in [7, 11) is 1.71. The molecule has 0 amide bonds. The highest BCUT2D eigenvalue weighted by molar-refractivity contribution is 5.43. The summed E-state index contributed by atoms with van der Waals surface area (Å²) in [5.41, 5.74) is 5.10. The van der Waals surface area contributed by atoms with E-state index in [1.165, 1.54) is 16.7 Å². The molecule has 1 fully saturated rings. The quantitative estimate of drug-likeness (QED) is 0.287. The summed E-state index contributed by atoms with van der Waals surface area (Å²) in [6, 6.07) is 38.6. The second-order valence-electron chi connectivity index (χ2n) is 9.30. The van der Waals surface area contributed by atoms with Crippen LogP contribution in [0.4, 0.5) is 0 Å². The number of piperazine rings is 1. The van der Waals surface area contributed by atoms with Gasteiger partial charge in [0.05, 0.1) is 13.2 Å². The molecule has 5 rings (SSSR count). The van der Waals surface area contributed by atoms with Gasteiger partial charge in [-0.1, -0.05) is 97.1 Å². The molecule has 36 heavy (non-hydrogen) atoms. The van der Waals surface area contributed by atoms with Crippen molar-refractivity contribution in [3.63, 3.8) is 0 Å². The molecule has 0 unspecified atom stereocenters. The molecule has 0 aromatic heterocycles. The second-order valence-corrected chi connectivity index (χ2v) is 9.30. The summed E-state index contributed by atoms with van der Waals surface area (Å²) in [6.45, 7) is 5.57. The Hall–Kier alpha value is -3.60. The molecule has 4 aromatic rings. The maximum absolute atomic E-state index is 6.04. The number of benzene rings is 4. The first-order valence-corrected chi connectivity index (χ1v) is 12.7. The van der Waals surface area contributed by atoms with Crippen molar-refractivity contribution in [3.05, 3.63) is 131 Å². The molecule has 1 heterocycles. The summed E-state index contributed by atoms with van der Waals surface area (Å²) in [6.07, 6.45) is 0. The number of nitrogens with zero attached hydrogens (tertiary/aromatic N) is 2. The van der Waals surface area contributed by atoms with Crippen LogP contribution in [0.15, 0.2) is 109 Å². The van der Waals surface area contributed by atoms with Gasteiger partial charge < -0.3 is 9.47 Å². The standard InChI is InChI=1S/C32H34N2O2/c1-35-31-23-27(17-18-30(31)36-25-26-11-5-2-6-12-26)24-33-19-21-34(22-20-33)32(28-13-7-3-8-14-28)29-15-9-4-10-16-29/h2-18,23,32H,19-22,24-25H2,1H3. The fraction of sp³-hybridized carbons (Fsp3) is 0.250. The van der Waals surface area contributed by atoms with Crippen molar-refractivity contribution in [1.82, 2.24) is 9.80 Å². The molecular weight excluding hydrogens is 444 g/mol. The minimum absolute atomic E-state index is 0.288. The van der Waals surface area contributed by atoms with E-state index < -0.39 is 0 Å². The Labute approximate surface area is 214 Å². The summed E-state index contributed by atoms with van der Waals surface area (Å²) >= 11 is 0. The minimum Gasteiger partial charge on any atom is -0.493 e. The molecule has 1 saturated heterocycles. The summed E-state index contributed by atoms with van der Waals surface area (Å²) in [5, 5.41) is 0. The van der Waals surface area contributed by atoms with E-state index in [9.17, 15) is 0 Å². The molecule has 0 atom stereocenters. The van der Waals surface area contributed by atoms with Gasteiger partial charge in [-0.05, 0) is 34.4 Å². The average Bonchev–Trinajstić information content (AvgIpc) is 2.95. The molecule has 184 valence electrons. The van der Waals surface area contributed by atoms with Crippen molar-refractivity contribution >= 4 is 0 Å². The number of hydrogen-bond donors (Lipinski definition) is 0. The van der Waals surface area contributed by atoms with Crippen LogP contribution in [0.25, 0.3) is 0 Å². The first-order chi connectivity index (χ1) is 17.8. The van der Waals surface area contributed by atoms with Gasteiger partial charge in [0, 0.05) is 32.7 Å². The Bertz CT molecular complexity index is 1170. The number of rotatable bonds is 9. The topological polar surface area (TPSA) is 24.9 Å². The molecule has 4 nitrogen and oxygen atoms in total. The van der Waals surface area contributed by atoms with Crippen molar-refractivity contribution in [1.29, 1.82) is 0 Å². The molecule has 0 radical (unpaired) electrons. The maximum Gasteiger partial charge on any atom is 0.161 e. The number of methoxy groups -OCH3 is 1. The van der Waals surface area contributed by atoms with Crippen LogP contribution in [0.5, 0.6) is 11.5 Å². The van der Waals surface area contributed by atoms with Crippen molar-refractivity contribution in [2.75, 3.05) is 33.3 Å². The third-order valence-corrected chi connectivity index (χ3v) is 6.87. The molecular formula is C32H34N2O2. The van der Waals surface area contributed by atoms with Crippen molar-refractivity contribution in [2.45, 2.75) is 19.2 Å². The third kappa shape index (κ3) is 5.96. The van der Waals surface area contributed by atoms with E-state index in [4.69, 9.17) is 9.47 Å². The summed E-state index contributed by atoms with van der Waals surface area (Å²) in [5.74, 6) is 1.57. The fourth-order valence-electron chi connectivity index (χ4n) is 4.99. The van der Waals surface area contributed by atoms with E-state index in [1.54, 1.807) is 7.11 Å². The highest BCUT2D eigenvalue weighted by Crippen LogP contribution is 2.31. The van der Waals surface area contributed by atoms with E-state index in [0.29, 0.717) is 6.61 Å². The van der Waals surface area contributed by atoms with Gasteiger partial charge in [0.2, 0.25) is 0 Å². The zero-order chi connectivity index (χ0) is 24.6. The Kier molecular flexibility index (Phi) is 7.96. The molecule has 0 saturated carbocycles. The van der Waals surface area contributed by atoms with E-state index in [-0.39, 0.29) is 6.04 Å². The van der Waals surface area contributed by atoms with E-state index >= 15 is 0 Å². The highest BCUT2D eigenvalue weighted by atomic mass is 16.5. The van der Waals surface area contributed by atoms with Crippen LogP contribution in [0, 0.1) is 0 Å². The van der Waals surface area contributed by atoms with Crippen LogP contribution in [0.2, 0.25) is 0 Å². The highest BCUT2D eigenvalue weighted by Gasteiger charge is 2.26. The van der Waals surface area contributed by atoms with E-state index in [0.717, 1.165) is 49.8 Å². The van der Waals surface area contributed by atoms with Crippen molar-refractivity contribution < 1.29 is 9.47 Å². The number of hydrogen-bond acceptors (Lipinski definition) is 4. The maximum atomic E-state index is 6.04. The fourth-order valence-corrected chi connectivity index (χ4v) is 4.99.